The number of allylic oxidation sites excluding steroid dienone is 1. The first-order valence-corrected chi connectivity index (χ1v) is 11.2. The van der Waals surface area contributed by atoms with E-state index in [2.05, 4.69) is 10.6 Å². The van der Waals surface area contributed by atoms with Crippen LogP contribution in [-0.4, -0.2) is 36.5 Å². The molecule has 3 amide bonds. The van der Waals surface area contributed by atoms with Gasteiger partial charge in [0, 0.05) is 23.5 Å². The third kappa shape index (κ3) is 4.37. The van der Waals surface area contributed by atoms with Crippen LogP contribution in [0, 0.1) is 0 Å². The highest BCUT2D eigenvalue weighted by atomic mass is 16.5. The van der Waals surface area contributed by atoms with Gasteiger partial charge in [0.25, 0.3) is 5.91 Å². The third-order valence-electron chi connectivity index (χ3n) is 5.96. The lowest BCUT2D eigenvalue weighted by molar-refractivity contribution is -0.136. The van der Waals surface area contributed by atoms with E-state index < -0.39 is 12.0 Å². The second-order valence-corrected chi connectivity index (χ2v) is 8.13. The number of rotatable bonds is 6. The highest BCUT2D eigenvalue weighted by molar-refractivity contribution is 6.13. The summed E-state index contributed by atoms with van der Waals surface area (Å²) in [5.74, 6) is -0.746. The third-order valence-corrected chi connectivity index (χ3v) is 5.96. The summed E-state index contributed by atoms with van der Waals surface area (Å²) in [5.41, 5.74) is 2.72. The molecular weight excluding hydrogens is 430 g/mol. The van der Waals surface area contributed by atoms with Crippen molar-refractivity contribution >= 4 is 34.4 Å². The van der Waals surface area contributed by atoms with Crippen molar-refractivity contribution < 1.29 is 19.1 Å². The molecule has 7 nitrogen and oxygen atoms in total. The Morgan fingerprint density at radius 2 is 1.79 bits per heavy atom. The van der Waals surface area contributed by atoms with Crippen molar-refractivity contribution in [3.63, 3.8) is 0 Å². The van der Waals surface area contributed by atoms with Crippen molar-refractivity contribution in [1.29, 1.82) is 0 Å². The first-order valence-electron chi connectivity index (χ1n) is 11.2. The van der Waals surface area contributed by atoms with Gasteiger partial charge in [-0.25, -0.2) is 9.59 Å². The first-order chi connectivity index (χ1) is 16.4. The number of fused-ring (bicyclic) bond motifs is 1. The van der Waals surface area contributed by atoms with Gasteiger partial charge in [0.05, 0.1) is 18.7 Å². The summed E-state index contributed by atoms with van der Waals surface area (Å²) in [7, 11) is 1.32. The van der Waals surface area contributed by atoms with E-state index in [-0.39, 0.29) is 11.9 Å². The molecule has 0 fully saturated rings. The van der Waals surface area contributed by atoms with Crippen molar-refractivity contribution in [2.45, 2.75) is 26.3 Å². The molecule has 2 N–H and O–H groups in total. The Morgan fingerprint density at radius 3 is 2.56 bits per heavy atom. The second-order valence-electron chi connectivity index (χ2n) is 8.13. The number of nitrogens with one attached hydrogen (secondary N) is 2. The minimum Gasteiger partial charge on any atom is -0.466 e. The lowest BCUT2D eigenvalue weighted by Gasteiger charge is -2.35. The lowest BCUT2D eigenvalue weighted by atomic mass is 9.94. The van der Waals surface area contributed by atoms with Gasteiger partial charge >= 0.3 is 12.0 Å². The summed E-state index contributed by atoms with van der Waals surface area (Å²) in [4.78, 5) is 40.1. The average molecular weight is 458 g/mol. The number of esters is 1. The number of ether oxygens (including phenoxy) is 1. The molecule has 3 aromatic carbocycles. The van der Waals surface area contributed by atoms with Crippen LogP contribution in [0.1, 0.15) is 42.2 Å². The minimum atomic E-state index is -0.692. The molecule has 1 atom stereocenters. The molecule has 0 spiro atoms. The standard InChI is InChI=1S/C27H27N3O4/c1-4-15-30-17(2)23(26(32)34-3)24(29-27(30)33)19-11-7-12-20(16-19)28-25(31)22-14-8-10-18-9-5-6-13-21(18)22/h5-14,16,24H,4,15H2,1-3H3,(H,28,31)(H,29,33). The maximum Gasteiger partial charge on any atom is 0.337 e. The highest BCUT2D eigenvalue weighted by Crippen LogP contribution is 2.32. The zero-order chi connectivity index (χ0) is 24.2. The Labute approximate surface area is 198 Å². The molecule has 1 unspecified atom stereocenters. The number of nitrogens with zero attached hydrogens (tertiary/aromatic N) is 1. The summed E-state index contributed by atoms with van der Waals surface area (Å²) in [6, 6.07) is 19.5. The molecule has 0 bridgehead atoms. The molecule has 1 aliphatic rings. The van der Waals surface area contributed by atoms with Crippen LogP contribution in [0.25, 0.3) is 10.8 Å². The number of hydrogen-bond acceptors (Lipinski definition) is 4. The summed E-state index contributed by atoms with van der Waals surface area (Å²) >= 11 is 0. The number of hydrogen-bond donors (Lipinski definition) is 2. The number of methoxy groups -OCH3 is 1. The van der Waals surface area contributed by atoms with Crippen LogP contribution in [0.2, 0.25) is 0 Å². The maximum atomic E-state index is 13.1. The Morgan fingerprint density at radius 1 is 1.06 bits per heavy atom. The van der Waals surface area contributed by atoms with Crippen molar-refractivity contribution in [3.8, 4) is 0 Å². The number of carbonyl (C=O) groups is 3. The Bertz CT molecular complexity index is 1290. The zero-order valence-corrected chi connectivity index (χ0v) is 19.4. The predicted molar refractivity (Wildman–Crippen MR) is 131 cm³/mol. The lowest BCUT2D eigenvalue weighted by Crippen LogP contribution is -2.48. The van der Waals surface area contributed by atoms with E-state index >= 15 is 0 Å². The van der Waals surface area contributed by atoms with Crippen LogP contribution < -0.4 is 10.6 Å². The van der Waals surface area contributed by atoms with E-state index in [0.29, 0.717) is 34.6 Å². The summed E-state index contributed by atoms with van der Waals surface area (Å²) in [6.45, 7) is 4.21. The fourth-order valence-corrected chi connectivity index (χ4v) is 4.32. The molecule has 0 aliphatic carbocycles. The number of benzene rings is 3. The molecular formula is C27H27N3O4. The van der Waals surface area contributed by atoms with Crippen LogP contribution in [0.4, 0.5) is 10.5 Å². The molecule has 174 valence electrons. The van der Waals surface area contributed by atoms with Gasteiger partial charge in [-0.2, -0.15) is 0 Å². The quantitative estimate of drug-likeness (QED) is 0.509. The minimum absolute atomic E-state index is 0.240. The Kier molecular flexibility index (Phi) is 6.63. The fraction of sp³-hybridized carbons (Fsp3) is 0.222. The zero-order valence-electron chi connectivity index (χ0n) is 19.4. The molecule has 0 saturated heterocycles. The van der Waals surface area contributed by atoms with Crippen molar-refractivity contribution in [2.75, 3.05) is 19.0 Å². The van der Waals surface area contributed by atoms with Gasteiger partial charge in [0.2, 0.25) is 0 Å². The van der Waals surface area contributed by atoms with Gasteiger partial charge in [-0.05, 0) is 47.9 Å². The number of carbonyl (C=O) groups excluding carboxylic acids is 3. The fourth-order valence-electron chi connectivity index (χ4n) is 4.32. The molecule has 7 heteroatoms. The van der Waals surface area contributed by atoms with E-state index in [1.165, 1.54) is 7.11 Å². The van der Waals surface area contributed by atoms with Gasteiger partial charge < -0.3 is 15.4 Å². The first kappa shape index (κ1) is 23.0. The molecule has 1 aliphatic heterocycles. The smallest absolute Gasteiger partial charge is 0.337 e. The maximum absolute atomic E-state index is 13.1. The topological polar surface area (TPSA) is 87.7 Å². The summed E-state index contributed by atoms with van der Waals surface area (Å²) in [5, 5.41) is 7.70. The number of anilines is 1. The summed E-state index contributed by atoms with van der Waals surface area (Å²) < 4.78 is 5.02. The van der Waals surface area contributed by atoms with E-state index in [1.54, 1.807) is 36.1 Å². The van der Waals surface area contributed by atoms with Crippen molar-refractivity contribution in [2.24, 2.45) is 0 Å². The van der Waals surface area contributed by atoms with Gasteiger partial charge in [-0.15, -0.1) is 0 Å². The molecule has 34 heavy (non-hydrogen) atoms. The van der Waals surface area contributed by atoms with Gasteiger partial charge in [-0.3, -0.25) is 9.69 Å². The van der Waals surface area contributed by atoms with Crippen LogP contribution in [0.3, 0.4) is 0 Å². The van der Waals surface area contributed by atoms with Crippen LogP contribution >= 0.6 is 0 Å². The van der Waals surface area contributed by atoms with E-state index in [4.69, 9.17) is 4.74 Å². The summed E-state index contributed by atoms with van der Waals surface area (Å²) in [6.07, 6.45) is 0.750. The number of urea groups is 1. The number of amides is 3. The van der Waals surface area contributed by atoms with Crippen molar-refractivity contribution in [3.05, 3.63) is 89.1 Å². The van der Waals surface area contributed by atoms with Gasteiger partial charge in [0.15, 0.2) is 0 Å². The van der Waals surface area contributed by atoms with E-state index in [0.717, 1.165) is 17.2 Å². The van der Waals surface area contributed by atoms with Crippen molar-refractivity contribution in [1.82, 2.24) is 10.2 Å². The van der Waals surface area contributed by atoms with E-state index in [9.17, 15) is 14.4 Å². The Hall–Kier alpha value is -4.13. The molecule has 0 radical (unpaired) electrons. The molecule has 1 heterocycles. The largest absolute Gasteiger partial charge is 0.466 e. The van der Waals surface area contributed by atoms with E-state index in [1.807, 2.05) is 49.4 Å². The highest BCUT2D eigenvalue weighted by Gasteiger charge is 2.36. The average Bonchev–Trinajstić information content (AvgIpc) is 2.85. The van der Waals surface area contributed by atoms with Crippen LogP contribution in [-0.2, 0) is 9.53 Å². The van der Waals surface area contributed by atoms with Gasteiger partial charge in [-0.1, -0.05) is 55.5 Å². The molecule has 0 aromatic heterocycles. The molecule has 4 rings (SSSR count). The molecule has 0 saturated carbocycles. The SMILES string of the molecule is CCCN1C(=O)NC(c2cccc(NC(=O)c3cccc4ccccc34)c2)C(C(=O)OC)=C1C. The van der Waals surface area contributed by atoms with Crippen LogP contribution in [0.15, 0.2) is 78.0 Å². The second kappa shape index (κ2) is 9.79. The van der Waals surface area contributed by atoms with Crippen LogP contribution in [0.5, 0.6) is 0 Å². The normalized spacial score (nSPS) is 15.8. The van der Waals surface area contributed by atoms with Gasteiger partial charge in [0.1, 0.15) is 0 Å². The Balaban J connectivity index is 1.67. The monoisotopic (exact) mass is 457 g/mol. The predicted octanol–water partition coefficient (Wildman–Crippen LogP) is 5.02. The molecule has 3 aromatic rings.